The van der Waals surface area contributed by atoms with Crippen LogP contribution in [0.2, 0.25) is 0 Å². The van der Waals surface area contributed by atoms with Gasteiger partial charge < -0.3 is 5.11 Å². The van der Waals surface area contributed by atoms with Crippen LogP contribution in [0, 0.1) is 16.0 Å². The molecule has 0 bridgehead atoms. The molecule has 1 aromatic carbocycles. The number of nitro benzene ring substituents is 1. The summed E-state index contributed by atoms with van der Waals surface area (Å²) in [7, 11) is 0. The van der Waals surface area contributed by atoms with Gasteiger partial charge in [0.15, 0.2) is 0 Å². The number of hydrogen-bond acceptors (Lipinski definition) is 4. The maximum atomic E-state index is 10.7. The minimum absolute atomic E-state index is 0.151. The Kier molecular flexibility index (Phi) is 4.28. The number of hydrogen-bond donors (Lipinski definition) is 1. The summed E-state index contributed by atoms with van der Waals surface area (Å²) < 4.78 is 0. The van der Waals surface area contributed by atoms with Crippen molar-refractivity contribution in [2.75, 3.05) is 19.7 Å². The molecule has 98 valence electrons. The maximum Gasteiger partial charge on any atom is 0.269 e. The van der Waals surface area contributed by atoms with Crippen LogP contribution in [0.4, 0.5) is 5.69 Å². The second kappa shape index (κ2) is 5.93. The Hall–Kier alpha value is -1.46. The summed E-state index contributed by atoms with van der Waals surface area (Å²) in [5.74, 6) is 0.564. The van der Waals surface area contributed by atoms with Gasteiger partial charge >= 0.3 is 0 Å². The van der Waals surface area contributed by atoms with Gasteiger partial charge in [0, 0.05) is 31.8 Å². The van der Waals surface area contributed by atoms with Gasteiger partial charge in [-0.1, -0.05) is 12.1 Å². The molecule has 0 aromatic heterocycles. The lowest BCUT2D eigenvalue weighted by Gasteiger charge is -2.15. The molecule has 1 aromatic rings. The van der Waals surface area contributed by atoms with Gasteiger partial charge in [-0.05, 0) is 30.9 Å². The van der Waals surface area contributed by atoms with Crippen LogP contribution in [0.15, 0.2) is 24.3 Å². The first-order valence-corrected chi connectivity index (χ1v) is 6.25. The molecular formula is C13H18N2O3. The van der Waals surface area contributed by atoms with Crippen molar-refractivity contribution in [1.82, 2.24) is 4.90 Å². The molecular weight excluding hydrogens is 232 g/mol. The minimum atomic E-state index is -0.359. The summed E-state index contributed by atoms with van der Waals surface area (Å²) in [6.45, 7) is 2.98. The van der Waals surface area contributed by atoms with Crippen LogP contribution in [-0.4, -0.2) is 34.6 Å². The zero-order valence-corrected chi connectivity index (χ0v) is 10.3. The highest BCUT2D eigenvalue weighted by Crippen LogP contribution is 2.22. The minimum Gasteiger partial charge on any atom is -0.396 e. The summed E-state index contributed by atoms with van der Waals surface area (Å²) in [5, 5.41) is 19.6. The number of nitro groups is 1. The Morgan fingerprint density at radius 1 is 1.50 bits per heavy atom. The first-order valence-electron chi connectivity index (χ1n) is 6.25. The summed E-state index contributed by atoms with van der Waals surface area (Å²) in [4.78, 5) is 12.6. The lowest BCUT2D eigenvalue weighted by Crippen LogP contribution is -2.20. The number of aliphatic hydroxyl groups is 1. The van der Waals surface area contributed by atoms with Gasteiger partial charge in [-0.2, -0.15) is 0 Å². The number of benzene rings is 1. The lowest BCUT2D eigenvalue weighted by atomic mass is 10.1. The smallest absolute Gasteiger partial charge is 0.269 e. The highest BCUT2D eigenvalue weighted by Gasteiger charge is 2.22. The third-order valence-electron chi connectivity index (χ3n) is 3.43. The third kappa shape index (κ3) is 3.27. The van der Waals surface area contributed by atoms with E-state index in [1.165, 1.54) is 6.07 Å². The number of likely N-dealkylation sites (tertiary alicyclic amines) is 1. The normalized spacial score (nSPS) is 20.2. The first-order chi connectivity index (χ1) is 8.69. The molecule has 0 saturated carbocycles. The molecule has 1 heterocycles. The summed E-state index contributed by atoms with van der Waals surface area (Å²) in [6, 6.07) is 6.81. The fraction of sp³-hybridized carbons (Fsp3) is 0.538. The monoisotopic (exact) mass is 250 g/mol. The van der Waals surface area contributed by atoms with Crippen molar-refractivity contribution in [3.8, 4) is 0 Å². The number of nitrogens with zero attached hydrogens (tertiary/aromatic N) is 2. The van der Waals surface area contributed by atoms with Crippen LogP contribution >= 0.6 is 0 Å². The Bertz CT molecular complexity index is 422. The van der Waals surface area contributed by atoms with Crippen molar-refractivity contribution < 1.29 is 10.0 Å². The number of aliphatic hydroxyl groups excluding tert-OH is 1. The van der Waals surface area contributed by atoms with E-state index in [0.717, 1.165) is 38.0 Å². The standard InChI is InChI=1S/C13H18N2O3/c16-7-5-11-4-6-14(9-11)10-12-2-1-3-13(8-12)15(17)18/h1-3,8,11,16H,4-7,9-10H2. The van der Waals surface area contributed by atoms with Gasteiger partial charge in [0.25, 0.3) is 5.69 Å². The average Bonchev–Trinajstić information content (AvgIpc) is 2.77. The van der Waals surface area contributed by atoms with E-state index in [0.29, 0.717) is 5.92 Å². The number of rotatable bonds is 5. The third-order valence-corrected chi connectivity index (χ3v) is 3.43. The molecule has 0 radical (unpaired) electrons. The summed E-state index contributed by atoms with van der Waals surface area (Å²) >= 11 is 0. The SMILES string of the molecule is O=[N+]([O-])c1cccc(CN2CCC(CCO)C2)c1. The average molecular weight is 250 g/mol. The van der Waals surface area contributed by atoms with Crippen LogP contribution in [0.25, 0.3) is 0 Å². The van der Waals surface area contributed by atoms with Crippen molar-refractivity contribution in [2.24, 2.45) is 5.92 Å². The summed E-state index contributed by atoms with van der Waals surface area (Å²) in [5.41, 5.74) is 1.13. The molecule has 0 spiro atoms. The Morgan fingerprint density at radius 2 is 2.33 bits per heavy atom. The van der Waals surface area contributed by atoms with Gasteiger partial charge in [-0.15, -0.1) is 0 Å². The summed E-state index contributed by atoms with van der Waals surface area (Å²) in [6.07, 6.45) is 1.96. The molecule has 1 N–H and O–H groups in total. The van der Waals surface area contributed by atoms with Gasteiger partial charge in [-0.25, -0.2) is 0 Å². The topological polar surface area (TPSA) is 66.6 Å². The van der Waals surface area contributed by atoms with E-state index < -0.39 is 0 Å². The van der Waals surface area contributed by atoms with Gasteiger partial charge in [0.05, 0.1) is 4.92 Å². The van der Waals surface area contributed by atoms with Crippen LogP contribution in [0.3, 0.4) is 0 Å². The molecule has 1 aliphatic rings. The molecule has 1 fully saturated rings. The van der Waals surface area contributed by atoms with Crippen molar-refractivity contribution in [3.05, 3.63) is 39.9 Å². The molecule has 1 aliphatic heterocycles. The second-order valence-corrected chi connectivity index (χ2v) is 4.83. The Labute approximate surface area is 106 Å². The second-order valence-electron chi connectivity index (χ2n) is 4.83. The van der Waals surface area contributed by atoms with Crippen molar-refractivity contribution in [1.29, 1.82) is 0 Å². The maximum absolute atomic E-state index is 10.7. The molecule has 0 amide bonds. The van der Waals surface area contributed by atoms with Crippen LogP contribution in [-0.2, 0) is 6.54 Å². The Morgan fingerprint density at radius 3 is 3.06 bits per heavy atom. The molecule has 1 atom stereocenters. The van der Waals surface area contributed by atoms with E-state index in [2.05, 4.69) is 4.90 Å². The van der Waals surface area contributed by atoms with Crippen molar-refractivity contribution in [2.45, 2.75) is 19.4 Å². The van der Waals surface area contributed by atoms with Crippen molar-refractivity contribution in [3.63, 3.8) is 0 Å². The fourth-order valence-electron chi connectivity index (χ4n) is 2.50. The predicted molar refractivity (Wildman–Crippen MR) is 68.2 cm³/mol. The van der Waals surface area contributed by atoms with Crippen molar-refractivity contribution >= 4 is 5.69 Å². The zero-order valence-electron chi connectivity index (χ0n) is 10.3. The molecule has 0 aliphatic carbocycles. The zero-order chi connectivity index (χ0) is 13.0. The molecule has 5 heteroatoms. The van der Waals surface area contributed by atoms with Gasteiger partial charge in [0.1, 0.15) is 0 Å². The molecule has 1 saturated heterocycles. The van der Waals surface area contributed by atoms with E-state index in [-0.39, 0.29) is 17.2 Å². The van der Waals surface area contributed by atoms with E-state index in [9.17, 15) is 10.1 Å². The highest BCUT2D eigenvalue weighted by atomic mass is 16.6. The highest BCUT2D eigenvalue weighted by molar-refractivity contribution is 5.34. The van der Waals surface area contributed by atoms with Crippen LogP contribution in [0.1, 0.15) is 18.4 Å². The Balaban J connectivity index is 1.94. The largest absolute Gasteiger partial charge is 0.396 e. The van der Waals surface area contributed by atoms with E-state index >= 15 is 0 Å². The van der Waals surface area contributed by atoms with Gasteiger partial charge in [-0.3, -0.25) is 15.0 Å². The lowest BCUT2D eigenvalue weighted by molar-refractivity contribution is -0.384. The van der Waals surface area contributed by atoms with Crippen LogP contribution < -0.4 is 0 Å². The number of non-ortho nitro benzene ring substituents is 1. The van der Waals surface area contributed by atoms with Crippen LogP contribution in [0.5, 0.6) is 0 Å². The van der Waals surface area contributed by atoms with Gasteiger partial charge in [0.2, 0.25) is 0 Å². The first kappa shape index (κ1) is 13.0. The molecule has 18 heavy (non-hydrogen) atoms. The quantitative estimate of drug-likeness (QED) is 0.639. The van der Waals surface area contributed by atoms with E-state index in [4.69, 9.17) is 5.11 Å². The van der Waals surface area contributed by atoms with E-state index in [1.54, 1.807) is 12.1 Å². The fourth-order valence-corrected chi connectivity index (χ4v) is 2.50. The van der Waals surface area contributed by atoms with E-state index in [1.807, 2.05) is 6.07 Å². The molecule has 1 unspecified atom stereocenters. The molecule has 2 rings (SSSR count). The predicted octanol–water partition coefficient (Wildman–Crippen LogP) is 1.80. The molecule has 5 nitrogen and oxygen atoms in total.